The second-order valence-electron chi connectivity index (χ2n) is 7.43. The molecule has 3 aromatic rings. The van der Waals surface area contributed by atoms with Crippen molar-refractivity contribution in [2.75, 3.05) is 18.4 Å². The molecule has 0 spiro atoms. The van der Waals surface area contributed by atoms with E-state index < -0.39 is 21.8 Å². The molecule has 1 N–H and O–H groups in total. The third kappa shape index (κ3) is 4.61. The largest absolute Gasteiger partial charge is 0.420 e. The number of aromatic nitrogens is 5. The predicted octanol–water partition coefficient (Wildman–Crippen LogP) is 3.17. The summed E-state index contributed by atoms with van der Waals surface area (Å²) in [5, 5.41) is 3.19. The molecular weight excluding hydrogens is 467 g/mol. The number of rotatable bonds is 5. The Bertz CT molecular complexity index is 1220. The highest BCUT2D eigenvalue weighted by Crippen LogP contribution is 2.37. The number of piperidine rings is 1. The van der Waals surface area contributed by atoms with Crippen molar-refractivity contribution in [2.45, 2.75) is 37.0 Å². The minimum atomic E-state index is -4.61. The van der Waals surface area contributed by atoms with Crippen LogP contribution >= 0.6 is 11.3 Å². The van der Waals surface area contributed by atoms with Gasteiger partial charge in [0, 0.05) is 51.1 Å². The molecule has 0 unspecified atom stereocenters. The fraction of sp³-hybridized carbons (Fsp3) is 0.444. The van der Waals surface area contributed by atoms with Gasteiger partial charge < -0.3 is 9.88 Å². The van der Waals surface area contributed by atoms with Crippen LogP contribution in [0.25, 0.3) is 10.7 Å². The van der Waals surface area contributed by atoms with Crippen molar-refractivity contribution in [1.82, 2.24) is 28.8 Å². The normalized spacial score (nSPS) is 16.4. The van der Waals surface area contributed by atoms with Crippen LogP contribution in [0.2, 0.25) is 0 Å². The van der Waals surface area contributed by atoms with Crippen LogP contribution in [0.4, 0.5) is 19.1 Å². The third-order valence-corrected chi connectivity index (χ3v) is 7.69. The summed E-state index contributed by atoms with van der Waals surface area (Å²) in [6.45, 7) is 2.24. The molecule has 0 aliphatic carbocycles. The molecular formula is C18H22F3N7O2S2. The Kier molecular flexibility index (Phi) is 5.94. The van der Waals surface area contributed by atoms with Gasteiger partial charge in [0.1, 0.15) is 16.3 Å². The van der Waals surface area contributed by atoms with Gasteiger partial charge in [0.05, 0.1) is 6.33 Å². The van der Waals surface area contributed by atoms with E-state index in [0.29, 0.717) is 12.8 Å². The van der Waals surface area contributed by atoms with Crippen molar-refractivity contribution >= 4 is 27.3 Å². The zero-order valence-electron chi connectivity index (χ0n) is 17.2. The monoisotopic (exact) mass is 489 g/mol. The number of imidazole rings is 1. The Balaban J connectivity index is 0.00000306. The Morgan fingerprint density at radius 3 is 2.47 bits per heavy atom. The van der Waals surface area contributed by atoms with Gasteiger partial charge in [-0.1, -0.05) is 0 Å². The topological polar surface area (TPSA) is 106 Å². The molecule has 0 amide bonds. The molecule has 1 saturated heterocycles. The molecule has 0 bridgehead atoms. The first-order valence-corrected chi connectivity index (χ1v) is 11.9. The second kappa shape index (κ2) is 8.41. The van der Waals surface area contributed by atoms with Crippen LogP contribution in [-0.2, 0) is 23.2 Å². The minimum Gasteiger partial charge on any atom is -0.351 e. The van der Waals surface area contributed by atoms with Gasteiger partial charge >= 0.3 is 6.18 Å². The van der Waals surface area contributed by atoms with Gasteiger partial charge in [-0.15, -0.1) is 11.3 Å². The maximum Gasteiger partial charge on any atom is 0.420 e. The first kappa shape index (κ1) is 22.6. The molecule has 9 nitrogen and oxygen atoms in total. The summed E-state index contributed by atoms with van der Waals surface area (Å²) in [6, 6.07) is -0.187. The van der Waals surface area contributed by atoms with Crippen LogP contribution in [-0.4, -0.2) is 56.4 Å². The summed E-state index contributed by atoms with van der Waals surface area (Å²) in [5.74, 6) is 0.0480. The maximum atomic E-state index is 13.4. The van der Waals surface area contributed by atoms with Crippen LogP contribution in [0.1, 0.15) is 24.7 Å². The van der Waals surface area contributed by atoms with Crippen LogP contribution < -0.4 is 5.32 Å². The van der Waals surface area contributed by atoms with Crippen molar-refractivity contribution in [1.29, 1.82) is 0 Å². The summed E-state index contributed by atoms with van der Waals surface area (Å²) in [5.41, 5.74) is -1.23. The zero-order valence-corrected chi connectivity index (χ0v) is 18.8. The lowest BCUT2D eigenvalue weighted by Gasteiger charge is -2.31. The van der Waals surface area contributed by atoms with Crippen LogP contribution in [0.3, 0.4) is 0 Å². The highest BCUT2D eigenvalue weighted by atomic mass is 32.2. The highest BCUT2D eigenvalue weighted by molar-refractivity contribution is 7.89. The van der Waals surface area contributed by atoms with Crippen molar-refractivity contribution in [3.8, 4) is 10.7 Å². The second-order valence-corrected chi connectivity index (χ2v) is 10.5. The molecule has 1 aliphatic rings. The highest BCUT2D eigenvalue weighted by Gasteiger charge is 2.37. The maximum absolute atomic E-state index is 13.4. The number of thiazole rings is 1. The number of hydrogen-bond acceptors (Lipinski definition) is 8. The smallest absolute Gasteiger partial charge is 0.351 e. The molecule has 0 radical (unpaired) electrons. The SMILES string of the molecule is Cc1cnc(-c2nc(NC3CCN(S(=O)(=O)c4cn(C)cn4)CC3)ncc2C(F)(F)F)s1.[HH]. The summed E-state index contributed by atoms with van der Waals surface area (Å²) >= 11 is 1.12. The molecule has 4 rings (SSSR count). The summed E-state index contributed by atoms with van der Waals surface area (Å²) in [4.78, 5) is 16.7. The lowest BCUT2D eigenvalue weighted by atomic mass is 10.1. The van der Waals surface area contributed by atoms with E-state index in [9.17, 15) is 21.6 Å². The van der Waals surface area contributed by atoms with Crippen LogP contribution in [0, 0.1) is 6.92 Å². The van der Waals surface area contributed by atoms with E-state index in [2.05, 4.69) is 25.3 Å². The molecule has 0 atom stereocenters. The van der Waals surface area contributed by atoms with Crippen LogP contribution in [0.5, 0.6) is 0 Å². The Hall–Kier alpha value is -2.58. The van der Waals surface area contributed by atoms with Crippen molar-refractivity contribution in [3.05, 3.63) is 35.4 Å². The van der Waals surface area contributed by atoms with Gasteiger partial charge in [-0.3, -0.25) is 0 Å². The van der Waals surface area contributed by atoms with Crippen molar-refractivity contribution in [2.24, 2.45) is 7.05 Å². The van der Waals surface area contributed by atoms with Crippen molar-refractivity contribution in [3.63, 3.8) is 0 Å². The zero-order chi connectivity index (χ0) is 23.1. The summed E-state index contributed by atoms with van der Waals surface area (Å²) in [6.07, 6.45) is 1.39. The lowest BCUT2D eigenvalue weighted by molar-refractivity contribution is -0.137. The van der Waals surface area contributed by atoms with Crippen LogP contribution in [0.15, 0.2) is 29.9 Å². The van der Waals surface area contributed by atoms with E-state index in [-0.39, 0.29) is 42.2 Å². The number of anilines is 1. The van der Waals surface area contributed by atoms with E-state index in [0.717, 1.165) is 22.4 Å². The fourth-order valence-electron chi connectivity index (χ4n) is 3.36. The van der Waals surface area contributed by atoms with Crippen molar-refractivity contribution < 1.29 is 23.0 Å². The molecule has 1 fully saturated rings. The van der Waals surface area contributed by atoms with Gasteiger partial charge in [0.15, 0.2) is 5.03 Å². The summed E-state index contributed by atoms with van der Waals surface area (Å²) in [7, 11) is -2.00. The third-order valence-electron chi connectivity index (χ3n) is 4.99. The van der Waals surface area contributed by atoms with Gasteiger partial charge in [-0.05, 0) is 19.8 Å². The standard InChI is InChI=1S/C18H20F3N7O2S2.H2/c1-11-7-22-16(31-11)15-13(18(19,20)21)8-23-17(26-15)25-12-3-5-28(6-4-12)32(29,30)14-9-27(2)10-24-14;/h7-10,12H,3-6H2,1-2H3,(H,23,25,26);1H. The first-order valence-electron chi connectivity index (χ1n) is 9.66. The molecule has 0 aromatic carbocycles. The Morgan fingerprint density at radius 2 is 1.91 bits per heavy atom. The van der Waals surface area contributed by atoms with E-state index >= 15 is 0 Å². The number of hydrogen-bond donors (Lipinski definition) is 1. The molecule has 3 aromatic heterocycles. The van der Waals surface area contributed by atoms with E-state index in [1.807, 2.05) is 0 Å². The van der Waals surface area contributed by atoms with Gasteiger partial charge in [-0.2, -0.15) is 17.5 Å². The molecule has 4 heterocycles. The molecule has 32 heavy (non-hydrogen) atoms. The van der Waals surface area contributed by atoms with Gasteiger partial charge in [-0.25, -0.2) is 28.4 Å². The molecule has 174 valence electrons. The lowest BCUT2D eigenvalue weighted by Crippen LogP contribution is -2.42. The summed E-state index contributed by atoms with van der Waals surface area (Å²) < 4.78 is 68.6. The van der Waals surface area contributed by atoms with E-state index in [4.69, 9.17) is 0 Å². The minimum absolute atomic E-state index is 0. The Labute approximate surface area is 187 Å². The molecule has 0 saturated carbocycles. The number of nitrogens with zero attached hydrogens (tertiary/aromatic N) is 6. The quantitative estimate of drug-likeness (QED) is 0.587. The number of sulfonamides is 1. The number of halogens is 3. The average Bonchev–Trinajstić information content (AvgIpc) is 3.36. The molecule has 14 heteroatoms. The fourth-order valence-corrected chi connectivity index (χ4v) is 5.57. The van der Waals surface area contributed by atoms with E-state index in [1.54, 1.807) is 18.5 Å². The predicted molar refractivity (Wildman–Crippen MR) is 114 cm³/mol. The Morgan fingerprint density at radius 1 is 1.19 bits per heavy atom. The van der Waals surface area contributed by atoms with E-state index in [1.165, 1.54) is 23.0 Å². The number of alkyl halides is 3. The average molecular weight is 490 g/mol. The number of nitrogens with one attached hydrogen (secondary N) is 1. The number of aryl methyl sites for hydroxylation is 2. The molecule has 1 aliphatic heterocycles. The van der Waals surface area contributed by atoms with Gasteiger partial charge in [0.2, 0.25) is 5.95 Å². The van der Waals surface area contributed by atoms with Gasteiger partial charge in [0.25, 0.3) is 10.0 Å². The first-order chi connectivity index (χ1) is 15.0.